The van der Waals surface area contributed by atoms with Gasteiger partial charge in [-0.3, -0.25) is 4.79 Å². The van der Waals surface area contributed by atoms with Crippen LogP contribution in [-0.2, 0) is 4.74 Å². The second-order valence-electron chi connectivity index (χ2n) is 4.76. The van der Waals surface area contributed by atoms with Crippen LogP contribution in [0, 0.1) is 13.8 Å². The lowest BCUT2D eigenvalue weighted by atomic mass is 10.1. The van der Waals surface area contributed by atoms with E-state index in [2.05, 4.69) is 6.07 Å². The predicted molar refractivity (Wildman–Crippen MR) is 72.3 cm³/mol. The van der Waals surface area contributed by atoms with E-state index in [0.717, 1.165) is 16.7 Å². The van der Waals surface area contributed by atoms with Crippen molar-refractivity contribution in [3.05, 3.63) is 34.9 Å². The number of carbonyl (C=O) groups is 1. The summed E-state index contributed by atoms with van der Waals surface area (Å²) in [6.45, 7) is 5.73. The van der Waals surface area contributed by atoms with E-state index >= 15 is 0 Å². The van der Waals surface area contributed by atoms with Crippen molar-refractivity contribution >= 4 is 17.5 Å². The Hall–Kier alpha value is -1.06. The van der Waals surface area contributed by atoms with E-state index in [1.54, 1.807) is 0 Å². The highest BCUT2D eigenvalue weighted by Gasteiger charge is 2.27. The van der Waals surface area contributed by atoms with Crippen molar-refractivity contribution in [3.63, 3.8) is 0 Å². The fourth-order valence-electron chi connectivity index (χ4n) is 2.31. The number of hydrogen-bond donors (Lipinski definition) is 0. The summed E-state index contributed by atoms with van der Waals surface area (Å²) < 4.78 is 5.36. The fourth-order valence-corrected chi connectivity index (χ4v) is 2.57. The lowest BCUT2D eigenvalue weighted by molar-refractivity contribution is 0.00455. The van der Waals surface area contributed by atoms with Gasteiger partial charge < -0.3 is 9.64 Å². The maximum atomic E-state index is 12.5. The summed E-state index contributed by atoms with van der Waals surface area (Å²) in [6, 6.07) is 5.90. The maximum Gasteiger partial charge on any atom is 0.254 e. The largest absolute Gasteiger partial charge is 0.377 e. The highest BCUT2D eigenvalue weighted by molar-refractivity contribution is 6.18. The first-order valence-corrected chi connectivity index (χ1v) is 6.68. The molecular formula is C14H18ClNO2. The molecule has 0 spiro atoms. The van der Waals surface area contributed by atoms with E-state index in [0.29, 0.717) is 25.6 Å². The molecule has 0 aromatic heterocycles. The lowest BCUT2D eigenvalue weighted by Crippen LogP contribution is -2.49. The molecule has 1 fully saturated rings. The third-order valence-corrected chi connectivity index (χ3v) is 3.49. The second kappa shape index (κ2) is 5.72. The third kappa shape index (κ3) is 2.85. The van der Waals surface area contributed by atoms with Gasteiger partial charge in [-0.1, -0.05) is 17.2 Å². The Morgan fingerprint density at radius 3 is 2.67 bits per heavy atom. The van der Waals surface area contributed by atoms with Crippen molar-refractivity contribution in [2.24, 2.45) is 0 Å². The Balaban J connectivity index is 2.23. The average Bonchev–Trinajstić information content (AvgIpc) is 2.36. The Morgan fingerprint density at radius 2 is 2.06 bits per heavy atom. The first-order valence-electron chi connectivity index (χ1n) is 6.15. The van der Waals surface area contributed by atoms with Crippen molar-refractivity contribution in [2.75, 3.05) is 25.6 Å². The van der Waals surface area contributed by atoms with Crippen molar-refractivity contribution in [1.29, 1.82) is 0 Å². The minimum Gasteiger partial charge on any atom is -0.377 e. The quantitative estimate of drug-likeness (QED) is 0.770. The van der Waals surface area contributed by atoms with Crippen LogP contribution in [0.3, 0.4) is 0 Å². The second-order valence-corrected chi connectivity index (χ2v) is 5.07. The van der Waals surface area contributed by atoms with Crippen LogP contribution in [0.4, 0.5) is 0 Å². The van der Waals surface area contributed by atoms with Gasteiger partial charge >= 0.3 is 0 Å². The average molecular weight is 268 g/mol. The van der Waals surface area contributed by atoms with Gasteiger partial charge in [0.15, 0.2) is 0 Å². The summed E-state index contributed by atoms with van der Waals surface area (Å²) in [5, 5.41) is 0. The molecule has 1 amide bonds. The SMILES string of the molecule is Cc1cc(C)cc(C(=O)N2CCOCC2CCl)c1. The van der Waals surface area contributed by atoms with Gasteiger partial charge in [-0.25, -0.2) is 0 Å². The highest BCUT2D eigenvalue weighted by Crippen LogP contribution is 2.16. The number of alkyl halides is 1. The van der Waals surface area contributed by atoms with Gasteiger partial charge in [0.2, 0.25) is 0 Å². The van der Waals surface area contributed by atoms with Crippen molar-refractivity contribution in [2.45, 2.75) is 19.9 Å². The van der Waals surface area contributed by atoms with Crippen LogP contribution in [0.5, 0.6) is 0 Å². The molecule has 98 valence electrons. The number of carbonyl (C=O) groups excluding carboxylic acids is 1. The molecule has 1 atom stereocenters. The Morgan fingerprint density at radius 1 is 1.39 bits per heavy atom. The normalized spacial score (nSPS) is 19.9. The summed E-state index contributed by atoms with van der Waals surface area (Å²) in [7, 11) is 0. The van der Waals surface area contributed by atoms with Crippen LogP contribution < -0.4 is 0 Å². The number of rotatable bonds is 2. The Kier molecular flexibility index (Phi) is 4.25. The zero-order valence-electron chi connectivity index (χ0n) is 10.8. The summed E-state index contributed by atoms with van der Waals surface area (Å²) in [4.78, 5) is 14.3. The maximum absolute atomic E-state index is 12.5. The number of morpholine rings is 1. The van der Waals surface area contributed by atoms with E-state index < -0.39 is 0 Å². The molecule has 1 heterocycles. The van der Waals surface area contributed by atoms with Gasteiger partial charge in [0, 0.05) is 18.0 Å². The fraction of sp³-hybridized carbons (Fsp3) is 0.500. The molecule has 1 aromatic carbocycles. The van der Waals surface area contributed by atoms with Crippen molar-refractivity contribution in [1.82, 2.24) is 4.90 Å². The topological polar surface area (TPSA) is 29.5 Å². The van der Waals surface area contributed by atoms with Gasteiger partial charge in [-0.15, -0.1) is 11.6 Å². The molecular weight excluding hydrogens is 250 g/mol. The van der Waals surface area contributed by atoms with Crippen LogP contribution in [0.2, 0.25) is 0 Å². The first kappa shape index (κ1) is 13.4. The molecule has 3 nitrogen and oxygen atoms in total. The number of hydrogen-bond acceptors (Lipinski definition) is 2. The highest BCUT2D eigenvalue weighted by atomic mass is 35.5. The molecule has 0 bridgehead atoms. The number of benzene rings is 1. The van der Waals surface area contributed by atoms with E-state index in [9.17, 15) is 4.79 Å². The lowest BCUT2D eigenvalue weighted by Gasteiger charge is -2.34. The minimum absolute atomic E-state index is 0.0197. The minimum atomic E-state index is -0.0197. The van der Waals surface area contributed by atoms with Crippen molar-refractivity contribution < 1.29 is 9.53 Å². The molecule has 1 aromatic rings. The van der Waals surface area contributed by atoms with Crippen LogP contribution in [0.15, 0.2) is 18.2 Å². The number of amides is 1. The van der Waals surface area contributed by atoms with Gasteiger partial charge in [-0.2, -0.15) is 0 Å². The molecule has 2 rings (SSSR count). The van der Waals surface area contributed by atoms with Gasteiger partial charge in [0.25, 0.3) is 5.91 Å². The standard InChI is InChI=1S/C14H18ClNO2/c1-10-5-11(2)7-12(6-10)14(17)16-3-4-18-9-13(16)8-15/h5-7,13H,3-4,8-9H2,1-2H3. The van der Waals surface area contributed by atoms with Gasteiger partial charge in [-0.05, 0) is 26.0 Å². The molecule has 0 saturated carbocycles. The molecule has 1 saturated heterocycles. The molecule has 1 unspecified atom stereocenters. The molecule has 1 aliphatic rings. The van der Waals surface area contributed by atoms with E-state index in [4.69, 9.17) is 16.3 Å². The van der Waals surface area contributed by atoms with E-state index in [1.807, 2.05) is 30.9 Å². The predicted octanol–water partition coefficient (Wildman–Crippen LogP) is 2.38. The van der Waals surface area contributed by atoms with Crippen LogP contribution >= 0.6 is 11.6 Å². The Bertz CT molecular complexity index is 427. The zero-order valence-corrected chi connectivity index (χ0v) is 11.5. The first-order chi connectivity index (χ1) is 8.61. The number of ether oxygens (including phenoxy) is 1. The molecule has 4 heteroatoms. The third-order valence-electron chi connectivity index (χ3n) is 3.14. The van der Waals surface area contributed by atoms with Crippen LogP contribution in [0.25, 0.3) is 0 Å². The molecule has 0 aliphatic carbocycles. The zero-order chi connectivity index (χ0) is 13.1. The summed E-state index contributed by atoms with van der Waals surface area (Å²) >= 11 is 5.90. The van der Waals surface area contributed by atoms with E-state index in [1.165, 1.54) is 0 Å². The van der Waals surface area contributed by atoms with E-state index in [-0.39, 0.29) is 11.9 Å². The number of aryl methyl sites for hydroxylation is 2. The van der Waals surface area contributed by atoms with Crippen LogP contribution in [0.1, 0.15) is 21.5 Å². The number of halogens is 1. The molecule has 0 radical (unpaired) electrons. The molecule has 1 aliphatic heterocycles. The smallest absolute Gasteiger partial charge is 0.254 e. The monoisotopic (exact) mass is 267 g/mol. The number of nitrogens with zero attached hydrogens (tertiary/aromatic N) is 1. The van der Waals surface area contributed by atoms with Crippen LogP contribution in [-0.4, -0.2) is 42.5 Å². The van der Waals surface area contributed by atoms with Gasteiger partial charge in [0.1, 0.15) is 0 Å². The summed E-state index contributed by atoms with van der Waals surface area (Å²) in [5.74, 6) is 0.465. The summed E-state index contributed by atoms with van der Waals surface area (Å²) in [6.07, 6.45) is 0. The molecule has 0 N–H and O–H groups in total. The molecule has 18 heavy (non-hydrogen) atoms. The Labute approximate surface area is 113 Å². The summed E-state index contributed by atoms with van der Waals surface area (Å²) in [5.41, 5.74) is 2.95. The van der Waals surface area contributed by atoms with Gasteiger partial charge in [0.05, 0.1) is 19.3 Å². The van der Waals surface area contributed by atoms with Crippen molar-refractivity contribution in [3.8, 4) is 0 Å².